The van der Waals surface area contributed by atoms with Gasteiger partial charge in [0.15, 0.2) is 0 Å². The maximum absolute atomic E-state index is 12.3. The molecule has 2 rings (SSSR count). The molecule has 4 heteroatoms. The summed E-state index contributed by atoms with van der Waals surface area (Å²) >= 11 is 0. The topological polar surface area (TPSA) is 55.4 Å². The zero-order chi connectivity index (χ0) is 15.9. The number of rotatable bonds is 5. The highest BCUT2D eigenvalue weighted by Crippen LogP contribution is 2.20. The first kappa shape index (κ1) is 15.8. The fourth-order valence-corrected chi connectivity index (χ4v) is 2.28. The van der Waals surface area contributed by atoms with Gasteiger partial charge in [0, 0.05) is 11.5 Å². The molecular formula is C18H19NO3. The lowest BCUT2D eigenvalue weighted by Gasteiger charge is -2.23. The van der Waals surface area contributed by atoms with Crippen molar-refractivity contribution in [1.29, 1.82) is 0 Å². The van der Waals surface area contributed by atoms with Crippen molar-refractivity contribution in [1.82, 2.24) is 5.32 Å². The molecule has 0 bridgehead atoms. The first-order chi connectivity index (χ1) is 10.6. The number of amides is 1. The number of benzene rings is 2. The number of ether oxygens (including phenoxy) is 1. The quantitative estimate of drug-likeness (QED) is 0.863. The van der Waals surface area contributed by atoms with Gasteiger partial charge < -0.3 is 10.1 Å². The molecule has 1 N–H and O–H groups in total. The molecule has 0 aliphatic heterocycles. The van der Waals surface area contributed by atoms with Gasteiger partial charge >= 0.3 is 5.97 Å². The van der Waals surface area contributed by atoms with Crippen LogP contribution in [0.4, 0.5) is 0 Å². The molecule has 0 radical (unpaired) electrons. The van der Waals surface area contributed by atoms with Gasteiger partial charge in [-0.3, -0.25) is 4.79 Å². The van der Waals surface area contributed by atoms with E-state index in [0.29, 0.717) is 5.56 Å². The van der Waals surface area contributed by atoms with Crippen molar-refractivity contribution in [3.8, 4) is 0 Å². The van der Waals surface area contributed by atoms with Gasteiger partial charge in [0.1, 0.15) is 6.04 Å². The highest BCUT2D eigenvalue weighted by molar-refractivity contribution is 5.97. The highest BCUT2D eigenvalue weighted by atomic mass is 16.5. The molecule has 4 nitrogen and oxygen atoms in total. The molecule has 1 amide bonds. The van der Waals surface area contributed by atoms with Crippen LogP contribution in [0.25, 0.3) is 0 Å². The average molecular weight is 297 g/mol. The molecule has 0 spiro atoms. The molecule has 0 saturated heterocycles. The number of hydrogen-bond acceptors (Lipinski definition) is 3. The Balaban J connectivity index is 2.20. The van der Waals surface area contributed by atoms with Crippen molar-refractivity contribution in [2.24, 2.45) is 0 Å². The smallest absolute Gasteiger partial charge is 0.328 e. The Morgan fingerprint density at radius 3 is 2.05 bits per heavy atom. The van der Waals surface area contributed by atoms with Crippen molar-refractivity contribution in [3.05, 3.63) is 71.8 Å². The van der Waals surface area contributed by atoms with E-state index in [1.54, 1.807) is 24.3 Å². The minimum absolute atomic E-state index is 0.193. The predicted octanol–water partition coefficient (Wildman–Crippen LogP) is 2.76. The van der Waals surface area contributed by atoms with E-state index in [-0.39, 0.29) is 11.8 Å². The Labute approximate surface area is 130 Å². The van der Waals surface area contributed by atoms with Gasteiger partial charge in [-0.25, -0.2) is 4.79 Å². The third-order valence-electron chi connectivity index (χ3n) is 3.60. The zero-order valence-electron chi connectivity index (χ0n) is 12.7. The Bertz CT molecular complexity index is 625. The number of nitrogens with one attached hydrogen (secondary N) is 1. The Morgan fingerprint density at radius 2 is 1.50 bits per heavy atom. The van der Waals surface area contributed by atoms with Gasteiger partial charge in [-0.05, 0) is 17.7 Å². The Hall–Kier alpha value is -2.62. The molecule has 2 aromatic carbocycles. The van der Waals surface area contributed by atoms with Gasteiger partial charge in [-0.2, -0.15) is 0 Å². The zero-order valence-corrected chi connectivity index (χ0v) is 12.7. The largest absolute Gasteiger partial charge is 0.467 e. The summed E-state index contributed by atoms with van der Waals surface area (Å²) in [5, 5.41) is 2.77. The van der Waals surface area contributed by atoms with Crippen molar-refractivity contribution in [2.45, 2.75) is 18.9 Å². The highest BCUT2D eigenvalue weighted by Gasteiger charge is 2.29. The SMILES string of the molecule is COC(=O)[C@@H](NC(=O)c1ccccc1)[C@@H](C)c1ccccc1. The second kappa shape index (κ2) is 7.41. The summed E-state index contributed by atoms with van der Waals surface area (Å²) in [6.07, 6.45) is 0. The number of carbonyl (C=O) groups excluding carboxylic acids is 2. The van der Waals surface area contributed by atoms with Crippen molar-refractivity contribution >= 4 is 11.9 Å². The number of hydrogen-bond donors (Lipinski definition) is 1. The molecule has 2 atom stereocenters. The molecule has 0 aliphatic rings. The molecule has 114 valence electrons. The summed E-state index contributed by atoms with van der Waals surface area (Å²) in [5.74, 6) is -0.944. The maximum Gasteiger partial charge on any atom is 0.328 e. The van der Waals surface area contributed by atoms with Crippen LogP contribution in [0.15, 0.2) is 60.7 Å². The van der Waals surface area contributed by atoms with Crippen LogP contribution in [0.3, 0.4) is 0 Å². The van der Waals surface area contributed by atoms with Crippen molar-refractivity contribution in [2.75, 3.05) is 7.11 Å². The summed E-state index contributed by atoms with van der Waals surface area (Å²) in [5.41, 5.74) is 1.47. The predicted molar refractivity (Wildman–Crippen MR) is 84.6 cm³/mol. The number of carbonyl (C=O) groups is 2. The van der Waals surface area contributed by atoms with Crippen molar-refractivity contribution in [3.63, 3.8) is 0 Å². The molecule has 22 heavy (non-hydrogen) atoms. The van der Waals surface area contributed by atoms with E-state index >= 15 is 0 Å². The van der Waals surface area contributed by atoms with Gasteiger partial charge in [0.05, 0.1) is 7.11 Å². The molecular weight excluding hydrogens is 278 g/mol. The van der Waals surface area contributed by atoms with E-state index in [1.807, 2.05) is 43.3 Å². The van der Waals surface area contributed by atoms with Crippen LogP contribution >= 0.6 is 0 Å². The third-order valence-corrected chi connectivity index (χ3v) is 3.60. The second-order valence-electron chi connectivity index (χ2n) is 5.04. The molecule has 0 saturated carbocycles. The summed E-state index contributed by atoms with van der Waals surface area (Å²) in [4.78, 5) is 24.3. The fourth-order valence-electron chi connectivity index (χ4n) is 2.28. The normalized spacial score (nSPS) is 13.0. The first-order valence-electron chi connectivity index (χ1n) is 7.12. The van der Waals surface area contributed by atoms with Crippen LogP contribution in [0, 0.1) is 0 Å². The lowest BCUT2D eigenvalue weighted by Crippen LogP contribution is -2.44. The average Bonchev–Trinajstić information content (AvgIpc) is 2.59. The molecule has 0 heterocycles. The van der Waals surface area contributed by atoms with E-state index in [9.17, 15) is 9.59 Å². The standard InChI is InChI=1S/C18H19NO3/c1-13(14-9-5-3-6-10-14)16(18(21)22-2)19-17(20)15-11-7-4-8-12-15/h3-13,16H,1-2H3,(H,19,20)/t13-,16-/m0/s1. The Kier molecular flexibility index (Phi) is 5.31. The minimum Gasteiger partial charge on any atom is -0.467 e. The van der Waals surface area contributed by atoms with Crippen LogP contribution in [0.5, 0.6) is 0 Å². The Morgan fingerprint density at radius 1 is 0.955 bits per heavy atom. The van der Waals surface area contributed by atoms with E-state index < -0.39 is 12.0 Å². The molecule has 0 fully saturated rings. The number of methoxy groups -OCH3 is 1. The summed E-state index contributed by atoms with van der Waals surface area (Å²) in [7, 11) is 1.32. The molecule has 2 aromatic rings. The third kappa shape index (κ3) is 3.73. The minimum atomic E-state index is -0.736. The fraction of sp³-hybridized carbons (Fsp3) is 0.222. The molecule has 0 aromatic heterocycles. The van der Waals surface area contributed by atoms with Crippen LogP contribution in [0.1, 0.15) is 28.8 Å². The van der Waals surface area contributed by atoms with E-state index in [2.05, 4.69) is 5.32 Å². The maximum atomic E-state index is 12.3. The monoisotopic (exact) mass is 297 g/mol. The lowest BCUT2D eigenvalue weighted by atomic mass is 9.93. The van der Waals surface area contributed by atoms with Gasteiger partial charge in [-0.15, -0.1) is 0 Å². The van der Waals surface area contributed by atoms with E-state index in [4.69, 9.17) is 4.74 Å². The second-order valence-corrected chi connectivity index (χ2v) is 5.04. The van der Waals surface area contributed by atoms with E-state index in [0.717, 1.165) is 5.56 Å². The van der Waals surface area contributed by atoms with Gasteiger partial charge in [0.25, 0.3) is 5.91 Å². The summed E-state index contributed by atoms with van der Waals surface area (Å²) < 4.78 is 4.84. The van der Waals surface area contributed by atoms with E-state index in [1.165, 1.54) is 7.11 Å². The molecule has 0 unspecified atom stereocenters. The van der Waals surface area contributed by atoms with Crippen LogP contribution in [-0.2, 0) is 9.53 Å². The first-order valence-corrected chi connectivity index (χ1v) is 7.12. The summed E-state index contributed by atoms with van der Waals surface area (Å²) in [6.45, 7) is 1.89. The lowest BCUT2D eigenvalue weighted by molar-refractivity contribution is -0.143. The van der Waals surface area contributed by atoms with Gasteiger partial charge in [-0.1, -0.05) is 55.5 Å². The van der Waals surface area contributed by atoms with Gasteiger partial charge in [0.2, 0.25) is 0 Å². The van der Waals surface area contributed by atoms with Crippen LogP contribution in [0.2, 0.25) is 0 Å². The van der Waals surface area contributed by atoms with Crippen LogP contribution < -0.4 is 5.32 Å². The number of esters is 1. The molecule has 0 aliphatic carbocycles. The van der Waals surface area contributed by atoms with Crippen LogP contribution in [-0.4, -0.2) is 25.0 Å². The van der Waals surface area contributed by atoms with Crippen molar-refractivity contribution < 1.29 is 14.3 Å². The summed E-state index contributed by atoms with van der Waals surface area (Å²) in [6, 6.07) is 17.6.